The van der Waals surface area contributed by atoms with Gasteiger partial charge in [0.25, 0.3) is 5.69 Å². The molecule has 0 radical (unpaired) electrons. The molecule has 2 unspecified atom stereocenters. The largest absolute Gasteiger partial charge is 0.487 e. The SMILES string of the molecule is O=[N+]([O-])c1cc(Br)c(OC2CC(Cl)C23CCCC3)c(Br)c1. The van der Waals surface area contributed by atoms with Crippen LogP contribution < -0.4 is 4.74 Å². The molecule has 3 rings (SSSR count). The zero-order valence-electron chi connectivity index (χ0n) is 11.2. The van der Waals surface area contributed by atoms with Gasteiger partial charge in [-0.05, 0) is 44.7 Å². The first-order valence-electron chi connectivity index (χ1n) is 6.88. The molecule has 21 heavy (non-hydrogen) atoms. The molecule has 2 fully saturated rings. The zero-order valence-corrected chi connectivity index (χ0v) is 15.1. The molecule has 0 saturated heterocycles. The Morgan fingerprint density at radius 2 is 1.86 bits per heavy atom. The second-order valence-corrected chi connectivity index (χ2v) is 7.98. The number of ether oxygens (including phenoxy) is 1. The first-order chi connectivity index (χ1) is 9.94. The molecule has 1 spiro atoms. The van der Waals surface area contributed by atoms with Crippen LogP contribution in [0.15, 0.2) is 21.1 Å². The maximum absolute atomic E-state index is 10.9. The third kappa shape index (κ3) is 2.59. The van der Waals surface area contributed by atoms with Crippen molar-refractivity contribution < 1.29 is 9.66 Å². The maximum Gasteiger partial charge on any atom is 0.271 e. The molecule has 1 aromatic rings. The van der Waals surface area contributed by atoms with Crippen molar-refractivity contribution in [3.63, 3.8) is 0 Å². The lowest BCUT2D eigenvalue weighted by molar-refractivity contribution is -0.385. The molecular weight excluding hydrogens is 425 g/mol. The summed E-state index contributed by atoms with van der Waals surface area (Å²) >= 11 is 13.2. The number of halogens is 3. The van der Waals surface area contributed by atoms with Crippen LogP contribution in [0.2, 0.25) is 0 Å². The minimum absolute atomic E-state index is 0.0282. The highest BCUT2D eigenvalue weighted by Crippen LogP contribution is 2.57. The minimum atomic E-state index is -0.421. The van der Waals surface area contributed by atoms with Crippen LogP contribution in [0, 0.1) is 15.5 Å². The minimum Gasteiger partial charge on any atom is -0.487 e. The fraction of sp³-hybridized carbons (Fsp3) is 0.571. The van der Waals surface area contributed by atoms with E-state index in [1.54, 1.807) is 0 Å². The Morgan fingerprint density at radius 3 is 2.33 bits per heavy atom. The van der Waals surface area contributed by atoms with E-state index in [2.05, 4.69) is 31.9 Å². The van der Waals surface area contributed by atoms with E-state index in [0.717, 1.165) is 19.3 Å². The van der Waals surface area contributed by atoms with Gasteiger partial charge in [0.05, 0.1) is 13.9 Å². The number of rotatable bonds is 3. The molecule has 1 aromatic carbocycles. The van der Waals surface area contributed by atoms with Gasteiger partial charge in [0.15, 0.2) is 0 Å². The molecule has 0 aliphatic heterocycles. The van der Waals surface area contributed by atoms with Crippen molar-refractivity contribution in [3.8, 4) is 5.75 Å². The number of nitrogens with zero attached hydrogens (tertiary/aromatic N) is 1. The normalized spacial score (nSPS) is 26.6. The van der Waals surface area contributed by atoms with Crippen molar-refractivity contribution in [2.75, 3.05) is 0 Å². The number of hydrogen-bond acceptors (Lipinski definition) is 3. The number of hydrogen-bond donors (Lipinski definition) is 0. The van der Waals surface area contributed by atoms with Gasteiger partial charge < -0.3 is 4.74 Å². The van der Waals surface area contributed by atoms with Crippen molar-refractivity contribution in [1.82, 2.24) is 0 Å². The third-order valence-corrected chi connectivity index (χ3v) is 6.47. The zero-order chi connectivity index (χ0) is 15.2. The van der Waals surface area contributed by atoms with E-state index in [-0.39, 0.29) is 22.6 Å². The van der Waals surface area contributed by atoms with Gasteiger partial charge in [0.1, 0.15) is 11.9 Å². The molecule has 2 saturated carbocycles. The van der Waals surface area contributed by atoms with Crippen LogP contribution in [0.1, 0.15) is 32.1 Å². The lowest BCUT2D eigenvalue weighted by Crippen LogP contribution is -2.55. The standard InChI is InChI=1S/C14H14Br2ClNO3/c15-9-5-8(18(19)20)6-10(16)13(9)21-12-7-11(17)14(12)3-1-2-4-14/h5-6,11-12H,1-4,7H2. The van der Waals surface area contributed by atoms with Crippen LogP contribution in [0.25, 0.3) is 0 Å². The average molecular weight is 440 g/mol. The van der Waals surface area contributed by atoms with Crippen LogP contribution in [0.4, 0.5) is 5.69 Å². The maximum atomic E-state index is 10.9. The van der Waals surface area contributed by atoms with Crippen LogP contribution in [-0.2, 0) is 0 Å². The van der Waals surface area contributed by atoms with Crippen molar-refractivity contribution in [2.45, 2.75) is 43.6 Å². The van der Waals surface area contributed by atoms with Crippen molar-refractivity contribution in [1.29, 1.82) is 0 Å². The molecule has 0 bridgehead atoms. The van der Waals surface area contributed by atoms with Gasteiger partial charge in [0, 0.05) is 29.3 Å². The van der Waals surface area contributed by atoms with Gasteiger partial charge in [-0.15, -0.1) is 11.6 Å². The predicted octanol–water partition coefficient (Wildman–Crippen LogP) is 5.44. The molecule has 0 amide bonds. The lowest BCUT2D eigenvalue weighted by atomic mass is 9.64. The number of alkyl halides is 1. The Balaban J connectivity index is 1.84. The fourth-order valence-corrected chi connectivity index (χ4v) is 5.31. The molecule has 114 valence electrons. The Labute approximate surface area is 144 Å². The highest BCUT2D eigenvalue weighted by atomic mass is 79.9. The summed E-state index contributed by atoms with van der Waals surface area (Å²) < 4.78 is 7.34. The Kier molecular flexibility index (Phi) is 4.23. The molecule has 0 N–H and O–H groups in total. The van der Waals surface area contributed by atoms with Crippen LogP contribution >= 0.6 is 43.5 Å². The number of nitro benzene ring substituents is 1. The number of benzene rings is 1. The monoisotopic (exact) mass is 437 g/mol. The summed E-state index contributed by atoms with van der Waals surface area (Å²) in [6.07, 6.45) is 5.54. The molecule has 2 aliphatic carbocycles. The van der Waals surface area contributed by atoms with Crippen molar-refractivity contribution >= 4 is 49.1 Å². The highest BCUT2D eigenvalue weighted by molar-refractivity contribution is 9.11. The first-order valence-corrected chi connectivity index (χ1v) is 8.90. The molecule has 0 aromatic heterocycles. The summed E-state index contributed by atoms with van der Waals surface area (Å²) in [5, 5.41) is 11.0. The summed E-state index contributed by atoms with van der Waals surface area (Å²) in [4.78, 5) is 10.4. The smallest absolute Gasteiger partial charge is 0.271 e. The first kappa shape index (κ1) is 15.6. The fourth-order valence-electron chi connectivity index (χ4n) is 3.44. The Bertz CT molecular complexity index is 567. The number of non-ortho nitro benzene ring substituents is 1. The van der Waals surface area contributed by atoms with Crippen LogP contribution in [0.3, 0.4) is 0 Å². The quantitative estimate of drug-likeness (QED) is 0.358. The molecule has 4 nitrogen and oxygen atoms in total. The molecule has 7 heteroatoms. The van der Waals surface area contributed by atoms with E-state index in [4.69, 9.17) is 16.3 Å². The van der Waals surface area contributed by atoms with Gasteiger partial charge in [-0.1, -0.05) is 12.8 Å². The molecule has 2 aliphatic rings. The number of nitro groups is 1. The summed E-state index contributed by atoms with van der Waals surface area (Å²) in [6, 6.07) is 2.94. The molecule has 2 atom stereocenters. The Morgan fingerprint density at radius 1 is 1.29 bits per heavy atom. The summed E-state index contributed by atoms with van der Waals surface area (Å²) in [5.74, 6) is 0.625. The van der Waals surface area contributed by atoms with Gasteiger partial charge in [-0.25, -0.2) is 0 Å². The van der Waals surface area contributed by atoms with E-state index in [9.17, 15) is 10.1 Å². The summed E-state index contributed by atoms with van der Waals surface area (Å²) in [5.41, 5.74) is 0.114. The summed E-state index contributed by atoms with van der Waals surface area (Å²) in [7, 11) is 0. The second-order valence-electron chi connectivity index (χ2n) is 5.75. The summed E-state index contributed by atoms with van der Waals surface area (Å²) in [6.45, 7) is 0. The van der Waals surface area contributed by atoms with E-state index >= 15 is 0 Å². The third-order valence-electron chi connectivity index (χ3n) is 4.67. The van der Waals surface area contributed by atoms with Gasteiger partial charge >= 0.3 is 0 Å². The van der Waals surface area contributed by atoms with Crippen molar-refractivity contribution in [3.05, 3.63) is 31.2 Å². The van der Waals surface area contributed by atoms with E-state index in [1.165, 1.54) is 25.0 Å². The van der Waals surface area contributed by atoms with Crippen LogP contribution in [-0.4, -0.2) is 16.4 Å². The van der Waals surface area contributed by atoms with Gasteiger partial charge in [-0.3, -0.25) is 10.1 Å². The van der Waals surface area contributed by atoms with Crippen molar-refractivity contribution in [2.24, 2.45) is 5.41 Å². The predicted molar refractivity (Wildman–Crippen MR) is 88.1 cm³/mol. The molecular formula is C14H14Br2ClNO3. The molecule has 0 heterocycles. The second kappa shape index (κ2) is 5.70. The van der Waals surface area contributed by atoms with Gasteiger partial charge in [-0.2, -0.15) is 0 Å². The average Bonchev–Trinajstić information content (AvgIpc) is 2.93. The topological polar surface area (TPSA) is 52.4 Å². The van der Waals surface area contributed by atoms with E-state index in [0.29, 0.717) is 14.7 Å². The van der Waals surface area contributed by atoms with E-state index < -0.39 is 4.92 Å². The Hall–Kier alpha value is -0.330. The van der Waals surface area contributed by atoms with Gasteiger partial charge in [0.2, 0.25) is 0 Å². The lowest BCUT2D eigenvalue weighted by Gasteiger charge is -2.51. The van der Waals surface area contributed by atoms with E-state index in [1.807, 2.05) is 0 Å². The highest BCUT2D eigenvalue weighted by Gasteiger charge is 2.57. The van der Waals surface area contributed by atoms with Crippen LogP contribution in [0.5, 0.6) is 5.75 Å².